The number of nitrogens with one attached hydrogen (secondary N) is 13. The van der Waals surface area contributed by atoms with Gasteiger partial charge in [0, 0.05) is 50.7 Å². The van der Waals surface area contributed by atoms with Crippen LogP contribution in [0.15, 0.2) is 67.1 Å². The van der Waals surface area contributed by atoms with Crippen molar-refractivity contribution >= 4 is 112 Å². The Labute approximate surface area is 666 Å². The summed E-state index contributed by atoms with van der Waals surface area (Å²) in [4.78, 5) is 265. The molecule has 14 atom stereocenters. The number of aromatic amines is 1. The normalized spacial score (nSPS) is 16.8. The van der Waals surface area contributed by atoms with Gasteiger partial charge in [0.15, 0.2) is 0 Å². The zero-order valence-corrected chi connectivity index (χ0v) is 65.2. The average molecular weight is 1630 g/mol. The second-order valence-corrected chi connectivity index (χ2v) is 29.3. The summed E-state index contributed by atoms with van der Waals surface area (Å²) >= 11 is 0. The molecule has 0 aliphatic carbocycles. The first-order valence-electron chi connectivity index (χ1n) is 37.6. The number of rotatable bonds is 46. The van der Waals surface area contributed by atoms with Crippen LogP contribution in [0.3, 0.4) is 0 Å². The fourth-order valence-corrected chi connectivity index (χ4v) is 12.7. The number of primary amides is 2. The van der Waals surface area contributed by atoms with Crippen LogP contribution < -0.4 is 81.0 Å². The number of carboxylic acids is 3. The maximum atomic E-state index is 14.6. The number of phenols is 1. The summed E-state index contributed by atoms with van der Waals surface area (Å²) in [6.45, 7) is 9.87. The number of nitrogens with two attached hydrogens (primary N) is 3. The van der Waals surface area contributed by atoms with E-state index in [2.05, 4.69) is 73.8 Å². The van der Waals surface area contributed by atoms with Gasteiger partial charge in [-0.05, 0) is 101 Å². The molecule has 2 fully saturated rings. The summed E-state index contributed by atoms with van der Waals surface area (Å²) in [5.41, 5.74) is 17.7. The molecule has 2 aliphatic heterocycles. The summed E-state index contributed by atoms with van der Waals surface area (Å²) in [5, 5.41) is 68.5. The smallest absolute Gasteiger partial charge is 0.326 e. The van der Waals surface area contributed by atoms with Gasteiger partial charge >= 0.3 is 17.9 Å². The lowest BCUT2D eigenvalue weighted by Gasteiger charge is -2.31. The number of carbonyl (C=O) groups is 19. The fourth-order valence-electron chi connectivity index (χ4n) is 12.7. The van der Waals surface area contributed by atoms with Crippen LogP contribution in [0.1, 0.15) is 136 Å². The van der Waals surface area contributed by atoms with Crippen LogP contribution in [0.25, 0.3) is 0 Å². The maximum Gasteiger partial charge on any atom is 0.326 e. The summed E-state index contributed by atoms with van der Waals surface area (Å²) in [7, 11) is 0. The minimum Gasteiger partial charge on any atom is -0.508 e. The number of likely N-dealkylation sites (tertiary alicyclic amines) is 2. The van der Waals surface area contributed by atoms with E-state index in [0.29, 0.717) is 16.8 Å². The minimum atomic E-state index is -2.05. The number of aliphatic carboxylic acids is 3. The number of H-pyrrole nitrogens is 1. The first-order valence-corrected chi connectivity index (χ1v) is 37.6. The highest BCUT2D eigenvalue weighted by molar-refractivity contribution is 6.02. The van der Waals surface area contributed by atoms with E-state index in [4.69, 9.17) is 17.2 Å². The molecule has 2 aliphatic rings. The third-order valence-corrected chi connectivity index (χ3v) is 18.6. The molecule has 0 saturated carbocycles. The number of carbonyl (C=O) groups excluding carboxylic acids is 16. The number of hydrogen-bond donors (Lipinski definition) is 20. The monoisotopic (exact) mass is 1630 g/mol. The molecule has 5 rings (SSSR count). The number of benzene rings is 2. The van der Waals surface area contributed by atoms with Crippen molar-refractivity contribution in [3.63, 3.8) is 0 Å². The third kappa shape index (κ3) is 30.7. The predicted molar refractivity (Wildman–Crippen MR) is 406 cm³/mol. The Kier molecular flexibility index (Phi) is 36.7. The van der Waals surface area contributed by atoms with Crippen LogP contribution >= 0.6 is 0 Å². The molecule has 1 aromatic heterocycles. The molecule has 14 unspecified atom stereocenters. The number of hydrogen-bond acceptors (Lipinski definition) is 22. The highest BCUT2D eigenvalue weighted by atomic mass is 16.4. The fraction of sp³-hybridized carbons (Fsp3) is 0.541. The SMILES string of the molecule is CC(C)CC(NC(=O)CNC(=O)C(CC(C)C)NC(=O)C(Cc1cnc[nH]1)NC(=O)C(CC(N)=O)NC(=O)C1CCCN1C(=O)C(C)NC(=O)C(Cc1ccc(O)cc1)NC(=O)C(C)NC(=O)C1CCCN1C(=O)C(CCC(=O)O)NC(=O)C(CC(=O)O)NC(=O)C(Cc1ccccc1)NC(=O)C(CC(N)=O)NC(=O)C(C)N)C(=O)O. The van der Waals surface area contributed by atoms with Crippen LogP contribution in [0.5, 0.6) is 5.75 Å². The van der Waals surface area contributed by atoms with Gasteiger partial charge in [-0.15, -0.1) is 0 Å². The van der Waals surface area contributed by atoms with Gasteiger partial charge in [0.25, 0.3) is 0 Å². The van der Waals surface area contributed by atoms with Crippen molar-refractivity contribution < 1.29 is 112 Å². The maximum absolute atomic E-state index is 14.6. The van der Waals surface area contributed by atoms with Crippen molar-refractivity contribution in [3.05, 3.63) is 83.9 Å². The molecule has 0 radical (unpaired) electrons. The lowest BCUT2D eigenvalue weighted by Crippen LogP contribution is -2.61. The first kappa shape index (κ1) is 93.9. The van der Waals surface area contributed by atoms with Gasteiger partial charge in [0.1, 0.15) is 84.3 Å². The van der Waals surface area contributed by atoms with Crippen LogP contribution in [0.2, 0.25) is 0 Å². The molecule has 116 heavy (non-hydrogen) atoms. The number of aromatic nitrogens is 2. The Hall–Kier alpha value is -12.7. The van der Waals surface area contributed by atoms with Crippen LogP contribution in [0, 0.1) is 11.8 Å². The van der Waals surface area contributed by atoms with Gasteiger partial charge in [-0.3, -0.25) is 86.3 Å². The van der Waals surface area contributed by atoms with Gasteiger partial charge in [0.2, 0.25) is 94.5 Å². The number of nitrogens with zero attached hydrogens (tertiary/aromatic N) is 3. The second kappa shape index (κ2) is 45.3. The van der Waals surface area contributed by atoms with E-state index in [0.717, 1.165) is 9.80 Å². The predicted octanol–water partition coefficient (Wildman–Crippen LogP) is -5.77. The summed E-state index contributed by atoms with van der Waals surface area (Å²) in [6.07, 6.45) is -2.08. The van der Waals surface area contributed by atoms with E-state index in [1.807, 2.05) is 0 Å². The Morgan fingerprint density at radius 1 is 0.466 bits per heavy atom. The molecule has 42 heteroatoms. The van der Waals surface area contributed by atoms with Crippen molar-refractivity contribution in [2.24, 2.45) is 29.0 Å². The van der Waals surface area contributed by atoms with Gasteiger partial charge in [-0.25, -0.2) is 9.78 Å². The van der Waals surface area contributed by atoms with Crippen LogP contribution in [-0.4, -0.2) is 257 Å². The zero-order valence-electron chi connectivity index (χ0n) is 65.2. The van der Waals surface area contributed by atoms with Crippen molar-refractivity contribution in [3.8, 4) is 5.75 Å². The summed E-state index contributed by atoms with van der Waals surface area (Å²) in [5.74, 6) is -21.0. The summed E-state index contributed by atoms with van der Waals surface area (Å²) in [6, 6.07) is -8.21. The van der Waals surface area contributed by atoms with Gasteiger partial charge < -0.3 is 116 Å². The standard InChI is InChI=1S/C74H105N19O23/c1-36(2)25-46(63(104)79-34-58(97)83-53(74(115)116)26-37(3)4)87-66(107)49(29-43-33-78-35-80-43)89-68(109)51(31-57(77)96)91-71(112)55-16-11-23-92(55)72(113)40(7)82-64(105)47(28-42-17-19-44(94)20-18-42)86-62(103)39(6)81-70(111)54-15-12-24-93(54)73(114)45(21-22-59(98)99)84-69(110)52(32-60(100)101)90-65(106)48(27-41-13-9-8-10-14-41)88-67(108)50(30-56(76)95)85-61(102)38(5)75/h8-10,13-14,17-20,33,35-40,45-55,94H,11-12,15-16,21-32,34,75H2,1-7H3,(H2,76,95)(H2,77,96)(H,78,80)(H,79,104)(H,81,111)(H,82,105)(H,83,97)(H,84,110)(H,85,102)(H,86,103)(H,87,107)(H,88,108)(H,89,109)(H,90,106)(H,91,112)(H,98,99)(H,100,101)(H,115,116). The van der Waals surface area contributed by atoms with Crippen LogP contribution in [0.4, 0.5) is 0 Å². The molecule has 3 heterocycles. The average Bonchev–Trinajstić information content (AvgIpc) is 1.67. The third-order valence-electron chi connectivity index (χ3n) is 18.6. The molecular weight excluding hydrogens is 1520 g/mol. The first-order chi connectivity index (χ1) is 54.6. The Morgan fingerprint density at radius 3 is 1.41 bits per heavy atom. The Morgan fingerprint density at radius 2 is 0.914 bits per heavy atom. The van der Waals surface area contributed by atoms with E-state index in [1.165, 1.54) is 57.6 Å². The highest BCUT2D eigenvalue weighted by Gasteiger charge is 2.43. The molecule has 634 valence electrons. The topological polar surface area (TPSA) is 663 Å². The molecule has 23 N–H and O–H groups in total. The molecule has 16 amide bonds. The molecule has 0 bridgehead atoms. The lowest BCUT2D eigenvalue weighted by molar-refractivity contribution is -0.144. The number of carboxylic acid groups (broad SMARTS) is 3. The van der Waals surface area contributed by atoms with E-state index in [1.54, 1.807) is 58.0 Å². The molecule has 42 nitrogen and oxygen atoms in total. The second-order valence-electron chi connectivity index (χ2n) is 29.3. The van der Waals surface area contributed by atoms with E-state index < -0.39 is 236 Å². The molecule has 2 aromatic carbocycles. The van der Waals surface area contributed by atoms with Gasteiger partial charge in [0.05, 0.1) is 38.2 Å². The van der Waals surface area contributed by atoms with Gasteiger partial charge in [-0.2, -0.15) is 0 Å². The largest absolute Gasteiger partial charge is 0.508 e. The van der Waals surface area contributed by atoms with Crippen molar-refractivity contribution in [1.82, 2.24) is 83.6 Å². The lowest BCUT2D eigenvalue weighted by atomic mass is 10.0. The number of imidazole rings is 1. The molecule has 2 saturated heterocycles. The number of aromatic hydroxyl groups is 1. The van der Waals surface area contributed by atoms with E-state index in [-0.39, 0.29) is 88.5 Å². The number of phenolic OH excluding ortho intramolecular Hbond substituents is 1. The minimum absolute atomic E-state index is 0.00580. The van der Waals surface area contributed by atoms with Crippen molar-refractivity contribution in [2.45, 2.75) is 223 Å². The number of amides is 16. The Balaban J connectivity index is 1.29. The molecule has 0 spiro atoms. The van der Waals surface area contributed by atoms with Crippen molar-refractivity contribution in [2.75, 3.05) is 19.6 Å². The quantitative estimate of drug-likeness (QED) is 0.0251. The van der Waals surface area contributed by atoms with Crippen molar-refractivity contribution in [1.29, 1.82) is 0 Å². The van der Waals surface area contributed by atoms with E-state index >= 15 is 0 Å². The summed E-state index contributed by atoms with van der Waals surface area (Å²) < 4.78 is 0. The zero-order chi connectivity index (χ0) is 86.4. The van der Waals surface area contributed by atoms with Gasteiger partial charge in [-0.1, -0.05) is 70.2 Å². The molecule has 3 aromatic rings. The Bertz CT molecular complexity index is 4030. The van der Waals surface area contributed by atoms with Crippen LogP contribution in [-0.2, 0) is 110 Å². The molecular formula is C74H105N19O23. The highest BCUT2D eigenvalue weighted by Crippen LogP contribution is 2.23. The van der Waals surface area contributed by atoms with E-state index in [9.17, 15) is 112 Å².